The maximum atomic E-state index is 13.5. The third kappa shape index (κ3) is 5.06. The summed E-state index contributed by atoms with van der Waals surface area (Å²) < 4.78 is 0.908. The van der Waals surface area contributed by atoms with Crippen LogP contribution >= 0.6 is 11.3 Å². The van der Waals surface area contributed by atoms with Crippen LogP contribution in [0.3, 0.4) is 0 Å². The van der Waals surface area contributed by atoms with Gasteiger partial charge in [-0.1, -0.05) is 31.3 Å². The number of hydrogen-bond acceptors (Lipinski definition) is 8. The van der Waals surface area contributed by atoms with Gasteiger partial charge in [-0.15, -0.1) is 0 Å². The van der Waals surface area contributed by atoms with Gasteiger partial charge in [-0.2, -0.15) is 0 Å². The second-order valence-corrected chi connectivity index (χ2v) is 8.21. The number of nitro groups is 2. The molecule has 3 aromatic rings. The highest BCUT2D eigenvalue weighted by atomic mass is 32.1. The predicted octanol–water partition coefficient (Wildman–Crippen LogP) is 4.41. The van der Waals surface area contributed by atoms with Gasteiger partial charge in [0.1, 0.15) is 0 Å². The quantitative estimate of drug-likeness (QED) is 0.344. The first-order chi connectivity index (χ1) is 15.2. The van der Waals surface area contributed by atoms with E-state index in [4.69, 9.17) is 0 Å². The van der Waals surface area contributed by atoms with Crippen LogP contribution in [0.15, 0.2) is 36.4 Å². The fourth-order valence-electron chi connectivity index (χ4n) is 3.29. The summed E-state index contributed by atoms with van der Waals surface area (Å²) in [4.78, 5) is 42.7. The Morgan fingerprint density at radius 2 is 1.62 bits per heavy atom. The molecule has 32 heavy (non-hydrogen) atoms. The minimum atomic E-state index is -0.746. The van der Waals surface area contributed by atoms with Crippen LogP contribution in [0.25, 0.3) is 10.2 Å². The van der Waals surface area contributed by atoms with Crippen molar-refractivity contribution in [2.45, 2.75) is 20.8 Å². The topological polar surface area (TPSA) is 123 Å². The van der Waals surface area contributed by atoms with Gasteiger partial charge >= 0.3 is 0 Å². The zero-order valence-electron chi connectivity index (χ0n) is 18.0. The molecule has 2 aromatic carbocycles. The molecule has 0 aliphatic carbocycles. The molecule has 0 saturated carbocycles. The number of amides is 1. The van der Waals surface area contributed by atoms with Gasteiger partial charge < -0.3 is 4.90 Å². The van der Waals surface area contributed by atoms with Crippen LogP contribution < -0.4 is 4.90 Å². The number of rotatable bonds is 9. The minimum absolute atomic E-state index is 0.124. The first-order valence-electron chi connectivity index (χ1n) is 10.1. The van der Waals surface area contributed by atoms with Crippen molar-refractivity contribution in [1.29, 1.82) is 0 Å². The van der Waals surface area contributed by atoms with Gasteiger partial charge in [0.2, 0.25) is 0 Å². The number of aryl methyl sites for hydroxylation is 1. The number of non-ortho nitro benzene ring substituents is 2. The van der Waals surface area contributed by atoms with Crippen LogP contribution in [-0.2, 0) is 0 Å². The Bertz CT molecular complexity index is 1140. The average Bonchev–Trinajstić information content (AvgIpc) is 3.18. The number of likely N-dealkylation sites (N-methyl/N-ethyl adjacent to an activating group) is 1. The van der Waals surface area contributed by atoms with E-state index in [1.807, 2.05) is 39.0 Å². The molecule has 1 amide bonds. The molecule has 11 heteroatoms. The zero-order chi connectivity index (χ0) is 23.4. The summed E-state index contributed by atoms with van der Waals surface area (Å²) in [5.41, 5.74) is 0.655. The average molecular weight is 458 g/mol. The van der Waals surface area contributed by atoms with Crippen molar-refractivity contribution >= 4 is 44.0 Å². The number of benzene rings is 2. The molecule has 0 atom stereocenters. The number of thiazole rings is 1. The summed E-state index contributed by atoms with van der Waals surface area (Å²) in [5.74, 6) is -0.570. The molecule has 10 nitrogen and oxygen atoms in total. The molecule has 0 fully saturated rings. The number of fused-ring (bicyclic) bond motifs is 1. The number of aromatic nitrogens is 1. The van der Waals surface area contributed by atoms with Crippen molar-refractivity contribution in [3.63, 3.8) is 0 Å². The fourth-order valence-corrected chi connectivity index (χ4v) is 4.37. The second-order valence-electron chi connectivity index (χ2n) is 7.20. The molecule has 1 aromatic heterocycles. The number of hydrogen-bond donors (Lipinski definition) is 0. The zero-order valence-corrected chi connectivity index (χ0v) is 18.8. The number of nitro benzene ring substituents is 2. The number of anilines is 1. The van der Waals surface area contributed by atoms with Crippen molar-refractivity contribution in [2.24, 2.45) is 0 Å². The highest BCUT2D eigenvalue weighted by molar-refractivity contribution is 7.22. The summed E-state index contributed by atoms with van der Waals surface area (Å²) in [6.07, 6.45) is 0. The lowest BCUT2D eigenvalue weighted by molar-refractivity contribution is -0.394. The molecule has 0 unspecified atom stereocenters. The van der Waals surface area contributed by atoms with E-state index in [0.717, 1.165) is 47.1 Å². The van der Waals surface area contributed by atoms with Gasteiger partial charge in [0.15, 0.2) is 5.13 Å². The molecule has 0 bridgehead atoms. The molecule has 0 saturated heterocycles. The molecule has 0 N–H and O–H groups in total. The van der Waals surface area contributed by atoms with E-state index in [1.165, 1.54) is 16.2 Å². The van der Waals surface area contributed by atoms with Crippen LogP contribution in [0.2, 0.25) is 0 Å². The molecule has 0 aliphatic heterocycles. The summed E-state index contributed by atoms with van der Waals surface area (Å²) in [6, 6.07) is 8.75. The standard InChI is InChI=1S/C21H23N5O5S/c1-4-23(5-2)8-9-24(21-22-18-7-6-14(3)10-19(18)32-21)20(27)15-11-16(25(28)29)13-17(12-15)26(30)31/h6-7,10-13H,4-5,8-9H2,1-3H3. The van der Waals surface area contributed by atoms with E-state index in [1.54, 1.807) is 0 Å². The number of nitrogens with zero attached hydrogens (tertiary/aromatic N) is 5. The maximum Gasteiger partial charge on any atom is 0.277 e. The third-order valence-corrected chi connectivity index (χ3v) is 6.16. The Balaban J connectivity index is 2.06. The summed E-state index contributed by atoms with van der Waals surface area (Å²) >= 11 is 1.34. The van der Waals surface area contributed by atoms with Crippen molar-refractivity contribution in [3.8, 4) is 0 Å². The lowest BCUT2D eigenvalue weighted by Gasteiger charge is -2.24. The van der Waals surface area contributed by atoms with Crippen molar-refractivity contribution in [1.82, 2.24) is 9.88 Å². The van der Waals surface area contributed by atoms with Crippen molar-refractivity contribution in [3.05, 3.63) is 67.8 Å². The highest BCUT2D eigenvalue weighted by Crippen LogP contribution is 2.31. The molecule has 0 spiro atoms. The third-order valence-electron chi connectivity index (χ3n) is 5.11. The van der Waals surface area contributed by atoms with E-state index in [2.05, 4.69) is 9.88 Å². The first kappa shape index (κ1) is 23.2. The largest absolute Gasteiger partial charge is 0.302 e. The Labute approximate surface area is 188 Å². The maximum absolute atomic E-state index is 13.5. The molecule has 168 valence electrons. The Morgan fingerprint density at radius 1 is 1.00 bits per heavy atom. The Hall–Kier alpha value is -3.44. The SMILES string of the molecule is CCN(CC)CCN(C(=O)c1cc([N+](=O)[O-])cc([N+](=O)[O-])c1)c1nc2ccc(C)cc2s1. The predicted molar refractivity (Wildman–Crippen MR) is 124 cm³/mol. The molecule has 0 radical (unpaired) electrons. The lowest BCUT2D eigenvalue weighted by Crippen LogP contribution is -2.38. The van der Waals surface area contributed by atoms with E-state index < -0.39 is 27.1 Å². The van der Waals surface area contributed by atoms with E-state index in [0.29, 0.717) is 11.7 Å². The van der Waals surface area contributed by atoms with Gasteiger partial charge in [-0.25, -0.2) is 4.98 Å². The highest BCUT2D eigenvalue weighted by Gasteiger charge is 2.26. The monoisotopic (exact) mass is 457 g/mol. The molecule has 1 heterocycles. The molecular formula is C21H23N5O5S. The summed E-state index contributed by atoms with van der Waals surface area (Å²) in [6.45, 7) is 8.42. The van der Waals surface area contributed by atoms with Crippen LogP contribution in [0.1, 0.15) is 29.8 Å². The fraction of sp³-hybridized carbons (Fsp3) is 0.333. The van der Waals surface area contributed by atoms with Gasteiger partial charge in [-0.05, 0) is 37.7 Å². The molecule has 0 aliphatic rings. The summed E-state index contributed by atoms with van der Waals surface area (Å²) in [7, 11) is 0. The van der Waals surface area contributed by atoms with Gasteiger partial charge in [0.25, 0.3) is 17.3 Å². The minimum Gasteiger partial charge on any atom is -0.302 e. The number of carbonyl (C=O) groups is 1. The van der Waals surface area contributed by atoms with E-state index in [9.17, 15) is 25.0 Å². The lowest BCUT2D eigenvalue weighted by atomic mass is 10.1. The van der Waals surface area contributed by atoms with Crippen LogP contribution in [-0.4, -0.2) is 51.8 Å². The molecular weight excluding hydrogens is 434 g/mol. The summed E-state index contributed by atoms with van der Waals surface area (Å²) in [5, 5.41) is 23.0. The Morgan fingerprint density at radius 3 is 2.19 bits per heavy atom. The van der Waals surface area contributed by atoms with Crippen LogP contribution in [0.4, 0.5) is 16.5 Å². The number of carbonyl (C=O) groups excluding carboxylic acids is 1. The molecule has 3 rings (SSSR count). The first-order valence-corrected chi connectivity index (χ1v) is 10.9. The Kier molecular flexibility index (Phi) is 7.11. The normalized spacial score (nSPS) is 11.1. The van der Waals surface area contributed by atoms with Gasteiger partial charge in [0.05, 0.1) is 31.7 Å². The van der Waals surface area contributed by atoms with Crippen molar-refractivity contribution in [2.75, 3.05) is 31.1 Å². The van der Waals surface area contributed by atoms with E-state index >= 15 is 0 Å². The van der Waals surface area contributed by atoms with Gasteiger partial charge in [-0.3, -0.25) is 29.9 Å². The smallest absolute Gasteiger partial charge is 0.277 e. The van der Waals surface area contributed by atoms with Crippen LogP contribution in [0, 0.1) is 27.2 Å². The van der Waals surface area contributed by atoms with Crippen LogP contribution in [0.5, 0.6) is 0 Å². The van der Waals surface area contributed by atoms with Gasteiger partial charge in [0, 0.05) is 25.2 Å². The van der Waals surface area contributed by atoms with E-state index in [-0.39, 0.29) is 12.1 Å². The van der Waals surface area contributed by atoms with Crippen molar-refractivity contribution < 1.29 is 14.6 Å². The second kappa shape index (κ2) is 9.79.